The molecule has 1 heterocycles. The van der Waals surface area contributed by atoms with E-state index in [1.807, 2.05) is 50.3 Å². The molecule has 1 amide bonds. The van der Waals surface area contributed by atoms with Crippen molar-refractivity contribution in [2.24, 2.45) is 0 Å². The Kier molecular flexibility index (Phi) is 5.66. The van der Waals surface area contributed by atoms with E-state index in [4.69, 9.17) is 0 Å². The lowest BCUT2D eigenvalue weighted by molar-refractivity contribution is -0.125. The molecule has 2 rings (SSSR count). The molecule has 6 heteroatoms. The predicted molar refractivity (Wildman–Crippen MR) is 85.3 cm³/mol. The zero-order valence-electron chi connectivity index (χ0n) is 13.4. The second kappa shape index (κ2) is 7.70. The minimum Gasteiger partial charge on any atom is -0.354 e. The minimum absolute atomic E-state index is 0.0224. The molecule has 0 fully saturated rings. The van der Waals surface area contributed by atoms with Crippen LogP contribution in [0.4, 0.5) is 0 Å². The van der Waals surface area contributed by atoms with Crippen molar-refractivity contribution in [2.45, 2.75) is 25.9 Å². The van der Waals surface area contributed by atoms with E-state index < -0.39 is 0 Å². The van der Waals surface area contributed by atoms with Crippen LogP contribution in [-0.4, -0.2) is 46.4 Å². The molecule has 1 N–H and O–H groups in total. The quantitative estimate of drug-likeness (QED) is 0.785. The van der Waals surface area contributed by atoms with Crippen LogP contribution in [0.1, 0.15) is 23.6 Å². The number of rotatable bonds is 7. The van der Waals surface area contributed by atoms with Crippen molar-refractivity contribution in [2.75, 3.05) is 20.6 Å². The Morgan fingerprint density at radius 1 is 1.41 bits per heavy atom. The van der Waals surface area contributed by atoms with Gasteiger partial charge in [0.2, 0.25) is 5.91 Å². The molecule has 6 nitrogen and oxygen atoms in total. The van der Waals surface area contributed by atoms with Gasteiger partial charge in [-0.3, -0.25) is 14.4 Å². The van der Waals surface area contributed by atoms with Crippen LogP contribution in [0.5, 0.6) is 0 Å². The molecular weight excluding hydrogens is 278 g/mol. The van der Waals surface area contributed by atoms with Gasteiger partial charge < -0.3 is 5.32 Å². The largest absolute Gasteiger partial charge is 0.354 e. The Balaban J connectivity index is 1.90. The number of hydrogen-bond acceptors (Lipinski definition) is 4. The van der Waals surface area contributed by atoms with Crippen molar-refractivity contribution in [1.29, 1.82) is 0 Å². The first-order valence-electron chi connectivity index (χ1n) is 7.42. The van der Waals surface area contributed by atoms with Crippen LogP contribution in [0.3, 0.4) is 0 Å². The predicted octanol–water partition coefficient (Wildman–Crippen LogP) is 1.40. The lowest BCUT2D eigenvalue weighted by Gasteiger charge is -2.24. The zero-order chi connectivity index (χ0) is 15.9. The first-order valence-corrected chi connectivity index (χ1v) is 7.42. The topological polar surface area (TPSA) is 63.1 Å². The standard InChI is InChI=1S/C16H23N5O/c1-13-6-4-7-14(12-13)15(20(2)3)16(22)17-8-5-10-21-11-9-18-19-21/h4,6-7,9,11-12,15H,5,8,10H2,1-3H3,(H,17,22). The summed E-state index contributed by atoms with van der Waals surface area (Å²) in [6, 6.07) is 7.80. The second-order valence-electron chi connectivity index (χ2n) is 5.59. The number of nitrogens with one attached hydrogen (secondary N) is 1. The van der Waals surface area contributed by atoms with Gasteiger partial charge in [-0.1, -0.05) is 35.0 Å². The molecule has 22 heavy (non-hydrogen) atoms. The van der Waals surface area contributed by atoms with Crippen LogP contribution in [0, 0.1) is 6.92 Å². The maximum atomic E-state index is 12.5. The van der Waals surface area contributed by atoms with E-state index in [9.17, 15) is 4.79 Å². The van der Waals surface area contributed by atoms with Gasteiger partial charge in [-0.15, -0.1) is 5.10 Å². The molecular formula is C16H23N5O. The Labute approximate surface area is 131 Å². The number of benzene rings is 1. The molecule has 2 aromatic rings. The number of carbonyl (C=O) groups excluding carboxylic acids is 1. The number of aromatic nitrogens is 3. The first-order chi connectivity index (χ1) is 10.6. The molecule has 0 bridgehead atoms. The Morgan fingerprint density at radius 2 is 2.23 bits per heavy atom. The molecule has 1 unspecified atom stereocenters. The summed E-state index contributed by atoms with van der Waals surface area (Å²) in [4.78, 5) is 14.4. The van der Waals surface area contributed by atoms with E-state index in [1.165, 1.54) is 0 Å². The highest BCUT2D eigenvalue weighted by Gasteiger charge is 2.22. The van der Waals surface area contributed by atoms with Crippen LogP contribution < -0.4 is 5.32 Å². The van der Waals surface area contributed by atoms with Crippen molar-refractivity contribution in [1.82, 2.24) is 25.2 Å². The van der Waals surface area contributed by atoms with Gasteiger partial charge in [0.1, 0.15) is 6.04 Å². The van der Waals surface area contributed by atoms with Crippen molar-refractivity contribution >= 4 is 5.91 Å². The molecule has 1 aromatic carbocycles. The van der Waals surface area contributed by atoms with Gasteiger partial charge in [0.15, 0.2) is 0 Å². The molecule has 0 radical (unpaired) electrons. The van der Waals surface area contributed by atoms with Crippen LogP contribution in [-0.2, 0) is 11.3 Å². The van der Waals surface area contributed by atoms with Gasteiger partial charge in [-0.25, -0.2) is 0 Å². The Bertz CT molecular complexity index is 594. The minimum atomic E-state index is -0.272. The summed E-state index contributed by atoms with van der Waals surface area (Å²) in [6.45, 7) is 3.40. The average Bonchev–Trinajstić information content (AvgIpc) is 2.97. The van der Waals surface area contributed by atoms with Crippen molar-refractivity contribution in [3.63, 3.8) is 0 Å². The third-order valence-corrected chi connectivity index (χ3v) is 3.46. The van der Waals surface area contributed by atoms with Gasteiger partial charge in [0, 0.05) is 19.3 Å². The summed E-state index contributed by atoms with van der Waals surface area (Å²) >= 11 is 0. The third kappa shape index (κ3) is 4.39. The highest BCUT2D eigenvalue weighted by molar-refractivity contribution is 5.83. The molecule has 1 atom stereocenters. The van der Waals surface area contributed by atoms with Gasteiger partial charge in [-0.05, 0) is 33.0 Å². The first kappa shape index (κ1) is 16.2. The summed E-state index contributed by atoms with van der Waals surface area (Å²) in [7, 11) is 3.84. The maximum Gasteiger partial charge on any atom is 0.241 e. The second-order valence-corrected chi connectivity index (χ2v) is 5.59. The lowest BCUT2D eigenvalue weighted by atomic mass is 10.0. The Hall–Kier alpha value is -2.21. The van der Waals surface area contributed by atoms with Gasteiger partial charge >= 0.3 is 0 Å². The number of nitrogens with zero attached hydrogens (tertiary/aromatic N) is 4. The fraction of sp³-hybridized carbons (Fsp3) is 0.438. The molecule has 0 aliphatic rings. The normalized spacial score (nSPS) is 12.4. The number of carbonyl (C=O) groups is 1. The highest BCUT2D eigenvalue weighted by Crippen LogP contribution is 2.19. The van der Waals surface area contributed by atoms with Gasteiger partial charge in [0.25, 0.3) is 0 Å². The zero-order valence-corrected chi connectivity index (χ0v) is 13.4. The van der Waals surface area contributed by atoms with E-state index in [0.29, 0.717) is 6.54 Å². The van der Waals surface area contributed by atoms with Crippen LogP contribution in [0.15, 0.2) is 36.7 Å². The van der Waals surface area contributed by atoms with Crippen LogP contribution in [0.2, 0.25) is 0 Å². The van der Waals surface area contributed by atoms with E-state index in [2.05, 4.69) is 21.7 Å². The Morgan fingerprint density at radius 3 is 2.86 bits per heavy atom. The van der Waals surface area contributed by atoms with Gasteiger partial charge in [-0.2, -0.15) is 0 Å². The molecule has 1 aromatic heterocycles. The monoisotopic (exact) mass is 301 g/mol. The SMILES string of the molecule is Cc1cccc(C(C(=O)NCCCn2ccnn2)N(C)C)c1. The summed E-state index contributed by atoms with van der Waals surface area (Å²) in [5.74, 6) is 0.0224. The van der Waals surface area contributed by atoms with Gasteiger partial charge in [0.05, 0.1) is 6.20 Å². The molecule has 0 saturated carbocycles. The highest BCUT2D eigenvalue weighted by atomic mass is 16.2. The van der Waals surface area contributed by atoms with Crippen molar-refractivity contribution < 1.29 is 4.79 Å². The van der Waals surface area contributed by atoms with Crippen LogP contribution in [0.25, 0.3) is 0 Å². The molecule has 0 aliphatic carbocycles. The fourth-order valence-electron chi connectivity index (χ4n) is 2.43. The fourth-order valence-corrected chi connectivity index (χ4v) is 2.43. The third-order valence-electron chi connectivity index (χ3n) is 3.46. The van der Waals surface area contributed by atoms with E-state index >= 15 is 0 Å². The summed E-state index contributed by atoms with van der Waals surface area (Å²) in [5, 5.41) is 10.7. The maximum absolute atomic E-state index is 12.5. The van der Waals surface area contributed by atoms with E-state index in [1.54, 1.807) is 10.9 Å². The molecule has 0 saturated heterocycles. The van der Waals surface area contributed by atoms with E-state index in [-0.39, 0.29) is 11.9 Å². The number of amides is 1. The number of likely N-dealkylation sites (N-methyl/N-ethyl adjacent to an activating group) is 1. The van der Waals surface area contributed by atoms with Crippen LogP contribution >= 0.6 is 0 Å². The smallest absolute Gasteiger partial charge is 0.241 e. The van der Waals surface area contributed by atoms with E-state index in [0.717, 1.165) is 24.1 Å². The molecule has 118 valence electrons. The molecule has 0 aliphatic heterocycles. The summed E-state index contributed by atoms with van der Waals surface area (Å²) in [5.41, 5.74) is 2.17. The lowest BCUT2D eigenvalue weighted by Crippen LogP contribution is -2.37. The number of hydrogen-bond donors (Lipinski definition) is 1. The number of aryl methyl sites for hydroxylation is 2. The van der Waals surface area contributed by atoms with Crippen molar-refractivity contribution in [3.05, 3.63) is 47.8 Å². The summed E-state index contributed by atoms with van der Waals surface area (Å²) < 4.78 is 1.76. The molecule has 0 spiro atoms. The summed E-state index contributed by atoms with van der Waals surface area (Å²) in [6.07, 6.45) is 4.29. The average molecular weight is 301 g/mol. The van der Waals surface area contributed by atoms with Crippen molar-refractivity contribution in [3.8, 4) is 0 Å².